The van der Waals surface area contributed by atoms with Crippen LogP contribution in [-0.2, 0) is 20.0 Å². The fraction of sp³-hybridized carbons (Fsp3) is 0.200. The number of hydrazine groups is 1. The summed E-state index contributed by atoms with van der Waals surface area (Å²) >= 11 is 0. The Morgan fingerprint density at radius 1 is 1.00 bits per heavy atom. The fourth-order valence-corrected chi connectivity index (χ4v) is 4.54. The van der Waals surface area contributed by atoms with Gasteiger partial charge in [0.25, 0.3) is 20.0 Å². The molecule has 136 valence electrons. The summed E-state index contributed by atoms with van der Waals surface area (Å²) in [6, 6.07) is 7.15. The molecule has 0 atom stereocenters. The molecule has 0 aliphatic rings. The van der Waals surface area contributed by atoms with E-state index < -0.39 is 25.9 Å². The maximum atomic E-state index is 13.0. The Bertz CT molecular complexity index is 1000. The molecule has 25 heavy (non-hydrogen) atoms. The number of nitrogens with zero attached hydrogens (tertiary/aromatic N) is 1. The van der Waals surface area contributed by atoms with Crippen LogP contribution in [0.25, 0.3) is 0 Å². The van der Waals surface area contributed by atoms with E-state index in [1.54, 1.807) is 24.7 Å². The number of hydrogen-bond acceptors (Lipinski definition) is 5. The SMILES string of the molecule is Cc1cc(C)c(S(=O)(=O)NN)cc1N(C)S(=O)(=O)c1ccc(F)cc1. The zero-order valence-corrected chi connectivity index (χ0v) is 15.4. The third-order valence-electron chi connectivity index (χ3n) is 3.75. The lowest BCUT2D eigenvalue weighted by molar-refractivity contribution is 0.582. The summed E-state index contributed by atoms with van der Waals surface area (Å²) in [6.07, 6.45) is 0. The molecular formula is C15H18FN3O4S2. The second kappa shape index (κ2) is 6.71. The molecular weight excluding hydrogens is 369 g/mol. The van der Waals surface area contributed by atoms with Gasteiger partial charge in [0, 0.05) is 7.05 Å². The lowest BCUT2D eigenvalue weighted by Gasteiger charge is -2.23. The largest absolute Gasteiger partial charge is 0.269 e. The van der Waals surface area contributed by atoms with Crippen LogP contribution in [0.2, 0.25) is 0 Å². The van der Waals surface area contributed by atoms with Crippen LogP contribution >= 0.6 is 0 Å². The van der Waals surface area contributed by atoms with Gasteiger partial charge in [-0.1, -0.05) is 6.07 Å². The first kappa shape index (κ1) is 19.3. The van der Waals surface area contributed by atoms with Gasteiger partial charge in [-0.3, -0.25) is 10.1 Å². The standard InChI is InChI=1S/C15H18FN3O4S2/c1-10-8-11(2)15(24(20,21)18-17)9-14(10)19(3)25(22,23)13-6-4-12(16)5-7-13/h4-9,18H,17H2,1-3H3. The average Bonchev–Trinajstić information content (AvgIpc) is 2.54. The molecule has 0 amide bonds. The Kier molecular flexibility index (Phi) is 5.19. The summed E-state index contributed by atoms with van der Waals surface area (Å²) < 4.78 is 63.5. The molecule has 0 saturated heterocycles. The van der Waals surface area contributed by atoms with Gasteiger partial charge in [-0.15, -0.1) is 0 Å². The van der Waals surface area contributed by atoms with Crippen LogP contribution in [-0.4, -0.2) is 23.9 Å². The van der Waals surface area contributed by atoms with E-state index in [4.69, 9.17) is 5.84 Å². The highest BCUT2D eigenvalue weighted by Gasteiger charge is 2.25. The maximum Gasteiger partial charge on any atom is 0.264 e. The van der Waals surface area contributed by atoms with Crippen molar-refractivity contribution >= 4 is 25.7 Å². The van der Waals surface area contributed by atoms with Crippen LogP contribution in [0, 0.1) is 19.7 Å². The van der Waals surface area contributed by atoms with Crippen LogP contribution in [0.3, 0.4) is 0 Å². The lowest BCUT2D eigenvalue weighted by Crippen LogP contribution is -2.32. The van der Waals surface area contributed by atoms with Crippen molar-refractivity contribution in [2.45, 2.75) is 23.6 Å². The van der Waals surface area contributed by atoms with E-state index in [1.165, 1.54) is 13.1 Å². The summed E-state index contributed by atoms with van der Waals surface area (Å²) in [6.45, 7) is 3.24. The zero-order chi connectivity index (χ0) is 19.0. The molecule has 0 radical (unpaired) electrons. The maximum absolute atomic E-state index is 13.0. The molecule has 2 aromatic carbocycles. The van der Waals surface area contributed by atoms with Gasteiger partial charge in [-0.25, -0.2) is 21.2 Å². The third-order valence-corrected chi connectivity index (χ3v) is 6.86. The molecule has 10 heteroatoms. The first-order chi connectivity index (χ1) is 11.5. The quantitative estimate of drug-likeness (QED) is 0.596. The van der Waals surface area contributed by atoms with Crippen molar-refractivity contribution in [2.75, 3.05) is 11.4 Å². The van der Waals surface area contributed by atoms with Crippen LogP contribution in [0.5, 0.6) is 0 Å². The molecule has 2 aromatic rings. The van der Waals surface area contributed by atoms with Crippen LogP contribution in [0.1, 0.15) is 11.1 Å². The molecule has 0 saturated carbocycles. The third kappa shape index (κ3) is 3.66. The predicted molar refractivity (Wildman–Crippen MR) is 92.4 cm³/mol. The molecule has 0 bridgehead atoms. The predicted octanol–water partition coefficient (Wildman–Crippen LogP) is 1.42. The minimum absolute atomic E-state index is 0.113. The van der Waals surface area contributed by atoms with Crippen LogP contribution < -0.4 is 15.0 Å². The van der Waals surface area contributed by atoms with Crippen molar-refractivity contribution in [3.63, 3.8) is 0 Å². The van der Waals surface area contributed by atoms with Gasteiger partial charge < -0.3 is 0 Å². The van der Waals surface area contributed by atoms with E-state index in [2.05, 4.69) is 0 Å². The molecule has 2 rings (SSSR count). The van der Waals surface area contributed by atoms with Crippen molar-refractivity contribution < 1.29 is 21.2 Å². The molecule has 0 aliphatic heterocycles. The van der Waals surface area contributed by atoms with E-state index in [0.29, 0.717) is 11.1 Å². The second-order valence-electron chi connectivity index (χ2n) is 5.45. The van der Waals surface area contributed by atoms with Gasteiger partial charge in [0.1, 0.15) is 5.82 Å². The first-order valence-electron chi connectivity index (χ1n) is 7.09. The Morgan fingerprint density at radius 2 is 1.56 bits per heavy atom. The average molecular weight is 387 g/mol. The number of nitrogens with two attached hydrogens (primary N) is 1. The second-order valence-corrected chi connectivity index (χ2v) is 9.10. The van der Waals surface area contributed by atoms with E-state index in [0.717, 1.165) is 28.6 Å². The first-order valence-corrected chi connectivity index (χ1v) is 10.0. The molecule has 0 spiro atoms. The van der Waals surface area contributed by atoms with Gasteiger partial charge in [0.2, 0.25) is 0 Å². The van der Waals surface area contributed by atoms with Crippen molar-refractivity contribution in [1.29, 1.82) is 0 Å². The number of nitrogens with one attached hydrogen (secondary N) is 1. The summed E-state index contributed by atoms with van der Waals surface area (Å²) in [7, 11) is -6.66. The molecule has 0 aliphatic carbocycles. The van der Waals surface area contributed by atoms with Gasteiger partial charge in [-0.05, 0) is 55.3 Å². The monoisotopic (exact) mass is 387 g/mol. The van der Waals surface area contributed by atoms with E-state index in [-0.39, 0.29) is 15.5 Å². The fourth-order valence-electron chi connectivity index (χ4n) is 2.41. The number of anilines is 1. The number of sulfonamides is 2. The summed E-state index contributed by atoms with van der Waals surface area (Å²) in [5, 5.41) is 0. The van der Waals surface area contributed by atoms with Gasteiger partial charge in [0.05, 0.1) is 15.5 Å². The van der Waals surface area contributed by atoms with E-state index in [9.17, 15) is 21.2 Å². The van der Waals surface area contributed by atoms with Crippen molar-refractivity contribution in [3.8, 4) is 0 Å². The Hall–Kier alpha value is -2.01. The van der Waals surface area contributed by atoms with Crippen molar-refractivity contribution in [2.24, 2.45) is 5.84 Å². The highest BCUT2D eigenvalue weighted by molar-refractivity contribution is 7.92. The van der Waals surface area contributed by atoms with Crippen LogP contribution in [0.4, 0.5) is 10.1 Å². The Balaban J connectivity index is 2.61. The molecule has 3 N–H and O–H groups in total. The Labute approximate surface area is 146 Å². The molecule has 7 nitrogen and oxygen atoms in total. The molecule has 0 unspecified atom stereocenters. The van der Waals surface area contributed by atoms with Gasteiger partial charge in [0.15, 0.2) is 0 Å². The number of benzene rings is 2. The normalized spacial score (nSPS) is 12.2. The topological polar surface area (TPSA) is 110 Å². The zero-order valence-electron chi connectivity index (χ0n) is 13.8. The number of halogens is 1. The smallest absolute Gasteiger partial charge is 0.264 e. The minimum atomic E-state index is -3.99. The minimum Gasteiger partial charge on any atom is -0.269 e. The highest BCUT2D eigenvalue weighted by Crippen LogP contribution is 2.30. The van der Waals surface area contributed by atoms with E-state index in [1.807, 2.05) is 0 Å². The molecule has 0 fully saturated rings. The van der Waals surface area contributed by atoms with Crippen LogP contribution in [0.15, 0.2) is 46.2 Å². The van der Waals surface area contributed by atoms with Crippen molar-refractivity contribution in [3.05, 3.63) is 53.3 Å². The van der Waals surface area contributed by atoms with Gasteiger partial charge >= 0.3 is 0 Å². The summed E-state index contributed by atoms with van der Waals surface area (Å²) in [5.41, 5.74) is 1.15. The lowest BCUT2D eigenvalue weighted by atomic mass is 10.1. The molecule has 0 heterocycles. The molecule has 0 aromatic heterocycles. The summed E-state index contributed by atoms with van der Waals surface area (Å²) in [5.74, 6) is 4.50. The van der Waals surface area contributed by atoms with Gasteiger partial charge in [-0.2, -0.15) is 4.83 Å². The number of aryl methyl sites for hydroxylation is 2. The summed E-state index contributed by atoms with van der Waals surface area (Å²) in [4.78, 5) is 1.48. The Morgan fingerprint density at radius 3 is 2.08 bits per heavy atom. The van der Waals surface area contributed by atoms with E-state index >= 15 is 0 Å². The number of rotatable bonds is 5. The van der Waals surface area contributed by atoms with Crippen molar-refractivity contribution in [1.82, 2.24) is 4.83 Å². The highest BCUT2D eigenvalue weighted by atomic mass is 32.2. The number of hydrogen-bond donors (Lipinski definition) is 2.